The molecule has 82 valence electrons. The van der Waals surface area contributed by atoms with Crippen LogP contribution in [0.5, 0.6) is 0 Å². The van der Waals surface area contributed by atoms with Crippen molar-refractivity contribution in [1.29, 1.82) is 0 Å². The zero-order chi connectivity index (χ0) is 11.1. The molecule has 0 saturated carbocycles. The van der Waals surface area contributed by atoms with Gasteiger partial charge in [-0.15, -0.1) is 0 Å². The van der Waals surface area contributed by atoms with E-state index in [0.717, 1.165) is 17.7 Å². The lowest BCUT2D eigenvalue weighted by atomic mass is 10.1. The van der Waals surface area contributed by atoms with E-state index in [1.54, 1.807) is 13.3 Å². The molecule has 0 fully saturated rings. The lowest BCUT2D eigenvalue weighted by Gasteiger charge is -2.05. The molecule has 0 atom stereocenters. The van der Waals surface area contributed by atoms with Crippen molar-refractivity contribution in [2.24, 2.45) is 10.7 Å². The molecule has 0 saturated heterocycles. The summed E-state index contributed by atoms with van der Waals surface area (Å²) in [5.41, 5.74) is 7.75. The molecule has 0 bridgehead atoms. The predicted octanol–water partition coefficient (Wildman–Crippen LogP) is 0.996. The highest BCUT2D eigenvalue weighted by atomic mass is 16.5. The molecule has 0 radical (unpaired) electrons. The molecule has 0 aliphatic carbocycles. The Labute approximate surface area is 90.2 Å². The van der Waals surface area contributed by atoms with Gasteiger partial charge in [0, 0.05) is 13.3 Å². The van der Waals surface area contributed by atoms with Gasteiger partial charge in [-0.2, -0.15) is 0 Å². The first kappa shape index (κ1) is 11.7. The molecular formula is C11H17N3O. The Morgan fingerprint density at radius 2 is 2.40 bits per heavy atom. The van der Waals surface area contributed by atoms with E-state index < -0.39 is 0 Å². The van der Waals surface area contributed by atoms with Crippen LogP contribution in [-0.4, -0.2) is 31.1 Å². The third-order valence-electron chi connectivity index (χ3n) is 2.09. The van der Waals surface area contributed by atoms with Gasteiger partial charge in [0.05, 0.1) is 13.2 Å². The summed E-state index contributed by atoms with van der Waals surface area (Å²) in [5, 5.41) is 0. The molecule has 4 nitrogen and oxygen atoms in total. The van der Waals surface area contributed by atoms with Crippen LogP contribution in [0.1, 0.15) is 18.2 Å². The maximum atomic E-state index is 5.84. The average molecular weight is 207 g/mol. The number of hydrogen-bond acceptors (Lipinski definition) is 3. The first-order valence-electron chi connectivity index (χ1n) is 5.02. The lowest BCUT2D eigenvalue weighted by molar-refractivity contribution is 0.208. The molecule has 0 aliphatic rings. The Bertz CT molecular complexity index is 336. The molecule has 0 aliphatic heterocycles. The first-order chi connectivity index (χ1) is 7.29. The van der Waals surface area contributed by atoms with Gasteiger partial charge in [0.15, 0.2) is 0 Å². The van der Waals surface area contributed by atoms with Crippen LogP contribution >= 0.6 is 0 Å². The zero-order valence-electron chi connectivity index (χ0n) is 9.23. The largest absolute Gasteiger partial charge is 0.383 e. The normalized spacial score (nSPS) is 11.7. The lowest BCUT2D eigenvalue weighted by Crippen LogP contribution is -2.18. The molecule has 1 aromatic rings. The molecule has 4 heteroatoms. The zero-order valence-corrected chi connectivity index (χ0v) is 9.23. The number of rotatable bonds is 5. The summed E-state index contributed by atoms with van der Waals surface area (Å²) in [7, 11) is 1.64. The van der Waals surface area contributed by atoms with Crippen molar-refractivity contribution in [3.05, 3.63) is 29.6 Å². The molecular weight excluding hydrogens is 190 g/mol. The number of nitrogens with two attached hydrogens (primary N) is 1. The quantitative estimate of drug-likeness (QED) is 0.445. The van der Waals surface area contributed by atoms with Crippen LogP contribution in [0.15, 0.2) is 23.3 Å². The number of aliphatic imine (C=N–C) groups is 1. The van der Waals surface area contributed by atoms with Gasteiger partial charge in [-0.3, -0.25) is 9.98 Å². The maximum Gasteiger partial charge on any atom is 0.145 e. The number of hydrogen-bond donors (Lipinski definition) is 1. The highest BCUT2D eigenvalue weighted by Crippen LogP contribution is 2.05. The number of ether oxygens (including phenoxy) is 1. The molecule has 1 heterocycles. The van der Waals surface area contributed by atoms with Gasteiger partial charge in [-0.25, -0.2) is 0 Å². The first-order valence-corrected chi connectivity index (χ1v) is 5.02. The van der Waals surface area contributed by atoms with Gasteiger partial charge in [0.25, 0.3) is 0 Å². The van der Waals surface area contributed by atoms with Crippen molar-refractivity contribution >= 4 is 5.84 Å². The maximum absolute atomic E-state index is 5.84. The predicted molar refractivity (Wildman–Crippen MR) is 61.1 cm³/mol. The van der Waals surface area contributed by atoms with E-state index >= 15 is 0 Å². The molecule has 0 unspecified atom stereocenters. The monoisotopic (exact) mass is 207 g/mol. The topological polar surface area (TPSA) is 60.5 Å². The Kier molecular flexibility index (Phi) is 4.77. The summed E-state index contributed by atoms with van der Waals surface area (Å²) < 4.78 is 4.90. The summed E-state index contributed by atoms with van der Waals surface area (Å²) in [4.78, 5) is 8.43. The fourth-order valence-electron chi connectivity index (χ4n) is 1.29. The van der Waals surface area contributed by atoms with Crippen molar-refractivity contribution < 1.29 is 4.74 Å². The summed E-state index contributed by atoms with van der Waals surface area (Å²) in [6.45, 7) is 3.22. The summed E-state index contributed by atoms with van der Waals surface area (Å²) in [6.07, 6.45) is 2.64. The van der Waals surface area contributed by atoms with Gasteiger partial charge < -0.3 is 10.5 Å². The Hall–Kier alpha value is -1.42. The van der Waals surface area contributed by atoms with Crippen LogP contribution in [0.25, 0.3) is 0 Å². The minimum absolute atomic E-state index is 0.490. The smallest absolute Gasteiger partial charge is 0.145 e. The number of pyridine rings is 1. The standard InChI is InChI=1S/C11H17N3O/c1-3-9-5-4-6-13-10(9)11(12)14-7-8-15-2/h4-6H,3,7-8H2,1-2H3,(H2,12,14). The molecule has 15 heavy (non-hydrogen) atoms. The fourth-order valence-corrected chi connectivity index (χ4v) is 1.29. The van der Waals surface area contributed by atoms with E-state index in [-0.39, 0.29) is 0 Å². The van der Waals surface area contributed by atoms with Crippen molar-refractivity contribution in [3.63, 3.8) is 0 Å². The highest BCUT2D eigenvalue weighted by molar-refractivity contribution is 5.96. The van der Waals surface area contributed by atoms with Gasteiger partial charge in [-0.1, -0.05) is 13.0 Å². The minimum atomic E-state index is 0.490. The molecule has 1 rings (SSSR count). The third-order valence-corrected chi connectivity index (χ3v) is 2.09. The van der Waals surface area contributed by atoms with Crippen LogP contribution in [-0.2, 0) is 11.2 Å². The number of nitrogens with zero attached hydrogens (tertiary/aromatic N) is 2. The van der Waals surface area contributed by atoms with E-state index in [1.807, 2.05) is 12.1 Å². The average Bonchev–Trinajstić information content (AvgIpc) is 2.29. The van der Waals surface area contributed by atoms with Gasteiger partial charge in [0.1, 0.15) is 11.5 Å². The molecule has 0 spiro atoms. The number of methoxy groups -OCH3 is 1. The summed E-state index contributed by atoms with van der Waals surface area (Å²) in [6, 6.07) is 3.92. The van der Waals surface area contributed by atoms with Crippen molar-refractivity contribution in [2.75, 3.05) is 20.3 Å². The van der Waals surface area contributed by atoms with E-state index in [2.05, 4.69) is 16.9 Å². The van der Waals surface area contributed by atoms with Gasteiger partial charge in [-0.05, 0) is 18.1 Å². The van der Waals surface area contributed by atoms with Gasteiger partial charge >= 0.3 is 0 Å². The van der Waals surface area contributed by atoms with Crippen LogP contribution < -0.4 is 5.73 Å². The Morgan fingerprint density at radius 1 is 1.60 bits per heavy atom. The molecule has 1 aromatic heterocycles. The number of aromatic nitrogens is 1. The van der Waals surface area contributed by atoms with Crippen molar-refractivity contribution in [3.8, 4) is 0 Å². The second kappa shape index (κ2) is 6.14. The number of amidine groups is 1. The second-order valence-corrected chi connectivity index (χ2v) is 3.12. The SMILES string of the molecule is CCc1cccnc1C(N)=NCCOC. The second-order valence-electron chi connectivity index (χ2n) is 3.12. The molecule has 2 N–H and O–H groups in total. The van der Waals surface area contributed by atoms with Crippen molar-refractivity contribution in [2.45, 2.75) is 13.3 Å². The Balaban J connectivity index is 2.80. The minimum Gasteiger partial charge on any atom is -0.383 e. The summed E-state index contributed by atoms with van der Waals surface area (Å²) in [5.74, 6) is 0.490. The highest BCUT2D eigenvalue weighted by Gasteiger charge is 2.04. The van der Waals surface area contributed by atoms with Crippen LogP contribution in [0.4, 0.5) is 0 Å². The van der Waals surface area contributed by atoms with E-state index in [9.17, 15) is 0 Å². The van der Waals surface area contributed by atoms with E-state index in [4.69, 9.17) is 10.5 Å². The van der Waals surface area contributed by atoms with Crippen LogP contribution in [0, 0.1) is 0 Å². The van der Waals surface area contributed by atoms with Crippen LogP contribution in [0.3, 0.4) is 0 Å². The number of aryl methyl sites for hydroxylation is 1. The third kappa shape index (κ3) is 3.32. The van der Waals surface area contributed by atoms with E-state index in [1.165, 1.54) is 0 Å². The van der Waals surface area contributed by atoms with Crippen LogP contribution in [0.2, 0.25) is 0 Å². The fraction of sp³-hybridized carbons (Fsp3) is 0.455. The Morgan fingerprint density at radius 3 is 3.07 bits per heavy atom. The molecule has 0 amide bonds. The van der Waals surface area contributed by atoms with Gasteiger partial charge in [0.2, 0.25) is 0 Å². The van der Waals surface area contributed by atoms with Crippen molar-refractivity contribution in [1.82, 2.24) is 4.98 Å². The summed E-state index contributed by atoms with van der Waals surface area (Å²) >= 11 is 0. The molecule has 0 aromatic carbocycles. The van der Waals surface area contributed by atoms with E-state index in [0.29, 0.717) is 19.0 Å².